The van der Waals surface area contributed by atoms with Gasteiger partial charge in [0, 0.05) is 5.56 Å². The van der Waals surface area contributed by atoms with E-state index in [-0.39, 0.29) is 0 Å². The molecule has 1 aromatic heterocycles. The lowest BCUT2D eigenvalue weighted by molar-refractivity contribution is 0.340. The predicted octanol–water partition coefficient (Wildman–Crippen LogP) is 6.56. The van der Waals surface area contributed by atoms with Gasteiger partial charge in [-0.3, -0.25) is 0 Å². The third kappa shape index (κ3) is 3.67. The molecule has 4 rings (SSSR count). The van der Waals surface area contributed by atoms with Gasteiger partial charge in [0.25, 0.3) is 0 Å². The summed E-state index contributed by atoms with van der Waals surface area (Å²) in [7, 11) is 0. The van der Waals surface area contributed by atoms with Crippen LogP contribution in [0.5, 0.6) is 5.75 Å². The van der Waals surface area contributed by atoms with Crippen molar-refractivity contribution in [3.05, 3.63) is 90.2 Å². The molecule has 1 heterocycles. The normalized spacial score (nSPS) is 11.4. The summed E-state index contributed by atoms with van der Waals surface area (Å²) in [5.74, 6) is 2.24. The molecule has 0 aliphatic heterocycles. The molecule has 0 N–H and O–H groups in total. The van der Waals surface area contributed by atoms with Crippen LogP contribution >= 0.6 is 0 Å². The second kappa shape index (κ2) is 7.85. The first-order chi connectivity index (χ1) is 13.8. The summed E-state index contributed by atoms with van der Waals surface area (Å²) in [5.41, 5.74) is 2.41. The zero-order chi connectivity index (χ0) is 19.3. The standard InChI is InChI=1S/C25H19NO2/c1-2-27-23-11-9-19(10-12-23)25-14-13-24(28-25)16-22(17-26)21-8-7-18-5-3-4-6-20(18)15-21/h3-16H,2H2,1H3/b22-16-. The predicted molar refractivity (Wildman–Crippen MR) is 113 cm³/mol. The fourth-order valence-corrected chi connectivity index (χ4v) is 3.15. The highest BCUT2D eigenvalue weighted by Gasteiger charge is 2.07. The molecule has 0 amide bonds. The van der Waals surface area contributed by atoms with E-state index >= 15 is 0 Å². The zero-order valence-electron chi connectivity index (χ0n) is 15.6. The van der Waals surface area contributed by atoms with Gasteiger partial charge in [0.1, 0.15) is 17.3 Å². The van der Waals surface area contributed by atoms with Crippen molar-refractivity contribution >= 4 is 22.4 Å². The highest BCUT2D eigenvalue weighted by Crippen LogP contribution is 2.27. The number of nitriles is 1. The third-order valence-corrected chi connectivity index (χ3v) is 4.54. The molecule has 3 aromatic carbocycles. The van der Waals surface area contributed by atoms with Crippen LogP contribution in [0.1, 0.15) is 18.2 Å². The Bertz CT molecular complexity index is 1180. The molecule has 4 aromatic rings. The number of nitrogens with zero attached hydrogens (tertiary/aromatic N) is 1. The van der Waals surface area contributed by atoms with E-state index in [4.69, 9.17) is 9.15 Å². The van der Waals surface area contributed by atoms with Crippen LogP contribution in [0.4, 0.5) is 0 Å². The molecular weight excluding hydrogens is 346 g/mol. The van der Waals surface area contributed by atoms with Crippen molar-refractivity contribution < 1.29 is 9.15 Å². The Balaban J connectivity index is 1.62. The summed E-state index contributed by atoms with van der Waals surface area (Å²) in [5, 5.41) is 11.9. The maximum atomic E-state index is 9.64. The molecule has 0 radical (unpaired) electrons. The average molecular weight is 365 g/mol. The van der Waals surface area contributed by atoms with Crippen LogP contribution in [0.2, 0.25) is 0 Å². The van der Waals surface area contributed by atoms with Gasteiger partial charge in [-0.2, -0.15) is 5.26 Å². The van der Waals surface area contributed by atoms with Crippen LogP contribution in [0.15, 0.2) is 83.3 Å². The molecule has 0 fully saturated rings. The number of allylic oxidation sites excluding steroid dienone is 1. The second-order valence-corrected chi connectivity index (χ2v) is 6.39. The topological polar surface area (TPSA) is 46.2 Å². The van der Waals surface area contributed by atoms with Crippen molar-refractivity contribution in [2.45, 2.75) is 6.92 Å². The van der Waals surface area contributed by atoms with Crippen LogP contribution in [0.25, 0.3) is 33.7 Å². The van der Waals surface area contributed by atoms with Crippen molar-refractivity contribution in [1.29, 1.82) is 5.26 Å². The molecule has 28 heavy (non-hydrogen) atoms. The smallest absolute Gasteiger partial charge is 0.134 e. The first-order valence-corrected chi connectivity index (χ1v) is 9.21. The summed E-state index contributed by atoms with van der Waals surface area (Å²) in [6, 6.07) is 28.0. The minimum atomic E-state index is 0.568. The Hall–Kier alpha value is -3.77. The van der Waals surface area contributed by atoms with Crippen LogP contribution in [-0.2, 0) is 0 Å². The summed E-state index contributed by atoms with van der Waals surface area (Å²) in [4.78, 5) is 0. The summed E-state index contributed by atoms with van der Waals surface area (Å²) in [6.45, 7) is 2.60. The van der Waals surface area contributed by atoms with Crippen molar-refractivity contribution in [1.82, 2.24) is 0 Å². The highest BCUT2D eigenvalue weighted by molar-refractivity contribution is 5.93. The van der Waals surface area contributed by atoms with Gasteiger partial charge in [0.15, 0.2) is 0 Å². The number of rotatable bonds is 5. The Morgan fingerprint density at radius 3 is 2.50 bits per heavy atom. The molecule has 0 atom stereocenters. The summed E-state index contributed by atoms with van der Waals surface area (Å²) < 4.78 is 11.4. The van der Waals surface area contributed by atoms with E-state index in [0.29, 0.717) is 17.9 Å². The van der Waals surface area contributed by atoms with Crippen LogP contribution in [0, 0.1) is 11.3 Å². The lowest BCUT2D eigenvalue weighted by Gasteiger charge is -2.03. The van der Waals surface area contributed by atoms with E-state index in [0.717, 1.165) is 33.4 Å². The van der Waals surface area contributed by atoms with Crippen LogP contribution in [-0.4, -0.2) is 6.61 Å². The number of fused-ring (bicyclic) bond motifs is 1. The minimum Gasteiger partial charge on any atom is -0.494 e. The lowest BCUT2D eigenvalue weighted by atomic mass is 10.0. The number of hydrogen-bond donors (Lipinski definition) is 0. The third-order valence-electron chi connectivity index (χ3n) is 4.54. The van der Waals surface area contributed by atoms with Gasteiger partial charge >= 0.3 is 0 Å². The van der Waals surface area contributed by atoms with Crippen molar-refractivity contribution in [2.75, 3.05) is 6.61 Å². The largest absolute Gasteiger partial charge is 0.494 e. The number of ether oxygens (including phenoxy) is 1. The van der Waals surface area contributed by atoms with E-state index in [1.54, 1.807) is 6.08 Å². The number of furan rings is 1. The Morgan fingerprint density at radius 2 is 1.75 bits per heavy atom. The quantitative estimate of drug-likeness (QED) is 0.376. The van der Waals surface area contributed by atoms with Gasteiger partial charge in [-0.1, -0.05) is 36.4 Å². The molecular formula is C25H19NO2. The molecule has 3 heteroatoms. The maximum Gasteiger partial charge on any atom is 0.134 e. The molecule has 0 unspecified atom stereocenters. The Morgan fingerprint density at radius 1 is 0.964 bits per heavy atom. The second-order valence-electron chi connectivity index (χ2n) is 6.39. The van der Waals surface area contributed by atoms with Crippen LogP contribution in [0.3, 0.4) is 0 Å². The molecule has 3 nitrogen and oxygen atoms in total. The summed E-state index contributed by atoms with van der Waals surface area (Å²) >= 11 is 0. The lowest BCUT2D eigenvalue weighted by Crippen LogP contribution is -1.90. The molecule has 0 bridgehead atoms. The molecule has 0 aliphatic carbocycles. The van der Waals surface area contributed by atoms with Gasteiger partial charge < -0.3 is 9.15 Å². The van der Waals surface area contributed by atoms with Gasteiger partial charge in [0.2, 0.25) is 0 Å². The monoisotopic (exact) mass is 365 g/mol. The first kappa shape index (κ1) is 17.6. The van der Waals surface area contributed by atoms with Gasteiger partial charge in [-0.05, 0) is 71.8 Å². The van der Waals surface area contributed by atoms with Gasteiger partial charge in [-0.15, -0.1) is 0 Å². The fraction of sp³-hybridized carbons (Fsp3) is 0.0800. The first-order valence-electron chi connectivity index (χ1n) is 9.21. The van der Waals surface area contributed by atoms with Crippen LogP contribution < -0.4 is 4.74 Å². The number of hydrogen-bond acceptors (Lipinski definition) is 3. The molecule has 0 aliphatic rings. The van der Waals surface area contributed by atoms with Crippen molar-refractivity contribution in [3.63, 3.8) is 0 Å². The van der Waals surface area contributed by atoms with E-state index in [2.05, 4.69) is 12.1 Å². The van der Waals surface area contributed by atoms with Gasteiger partial charge in [0.05, 0.1) is 18.2 Å². The maximum absolute atomic E-state index is 9.64. The van der Waals surface area contributed by atoms with E-state index < -0.39 is 0 Å². The Kier molecular flexibility index (Phi) is 4.95. The SMILES string of the molecule is CCOc1ccc(-c2ccc(/C=C(/C#N)c3ccc4ccccc4c3)o2)cc1. The number of benzene rings is 3. The van der Waals surface area contributed by atoms with E-state index in [1.165, 1.54) is 0 Å². The van der Waals surface area contributed by atoms with Crippen molar-refractivity contribution in [2.24, 2.45) is 0 Å². The molecule has 0 saturated carbocycles. The minimum absolute atomic E-state index is 0.568. The molecule has 136 valence electrons. The van der Waals surface area contributed by atoms with E-state index in [9.17, 15) is 5.26 Å². The average Bonchev–Trinajstić information content (AvgIpc) is 3.21. The Labute approximate surface area is 164 Å². The zero-order valence-corrected chi connectivity index (χ0v) is 15.6. The van der Waals surface area contributed by atoms with E-state index in [1.807, 2.05) is 79.7 Å². The molecule has 0 spiro atoms. The summed E-state index contributed by atoms with van der Waals surface area (Å²) in [6.07, 6.45) is 1.78. The molecule has 0 saturated heterocycles. The highest BCUT2D eigenvalue weighted by atomic mass is 16.5. The van der Waals surface area contributed by atoms with Gasteiger partial charge in [-0.25, -0.2) is 0 Å². The van der Waals surface area contributed by atoms with Crippen molar-refractivity contribution in [3.8, 4) is 23.1 Å². The fourth-order valence-electron chi connectivity index (χ4n) is 3.15.